The van der Waals surface area contributed by atoms with Crippen molar-refractivity contribution in [2.75, 3.05) is 0 Å². The number of hydrogen-bond acceptors (Lipinski definition) is 1. The molecule has 5 heteroatoms. The highest BCUT2D eigenvalue weighted by atomic mass is 35.5. The predicted molar refractivity (Wildman–Crippen MR) is 60.5 cm³/mol. The minimum absolute atomic E-state index is 0.316. The van der Waals surface area contributed by atoms with E-state index in [9.17, 15) is 18.0 Å². The van der Waals surface area contributed by atoms with Crippen LogP contribution < -0.4 is 0 Å². The van der Waals surface area contributed by atoms with Crippen LogP contribution >= 0.6 is 11.6 Å². The maximum Gasteiger partial charge on any atom is 0.389 e. The molecule has 17 heavy (non-hydrogen) atoms. The van der Waals surface area contributed by atoms with Crippen molar-refractivity contribution in [2.45, 2.75) is 32.9 Å². The number of carbonyl (C=O) groups excluding carboxylic acids is 1. The zero-order chi connectivity index (χ0) is 13.2. The van der Waals surface area contributed by atoms with Crippen LogP contribution in [0.15, 0.2) is 12.1 Å². The summed E-state index contributed by atoms with van der Waals surface area (Å²) in [4.78, 5) is 11.6. The first kappa shape index (κ1) is 14.0. The third-order valence-corrected chi connectivity index (χ3v) is 2.85. The van der Waals surface area contributed by atoms with Crippen LogP contribution in [0.25, 0.3) is 0 Å². The molecule has 0 radical (unpaired) electrons. The molecule has 1 aromatic rings. The molecule has 1 aromatic carbocycles. The molecule has 1 rings (SSSR count). The molecule has 0 fully saturated rings. The summed E-state index contributed by atoms with van der Waals surface area (Å²) in [5.74, 6) is -0.500. The van der Waals surface area contributed by atoms with E-state index in [4.69, 9.17) is 11.6 Å². The lowest BCUT2D eigenvalue weighted by Gasteiger charge is -2.09. The third-order valence-electron chi connectivity index (χ3n) is 2.44. The highest BCUT2D eigenvalue weighted by Crippen LogP contribution is 2.25. The molecular weight excluding hydrogens is 253 g/mol. The summed E-state index contributed by atoms with van der Waals surface area (Å²) < 4.78 is 36.0. The van der Waals surface area contributed by atoms with Gasteiger partial charge in [0.05, 0.1) is 6.42 Å². The zero-order valence-corrected chi connectivity index (χ0v) is 10.2. The fourth-order valence-corrected chi connectivity index (χ4v) is 1.69. The Kier molecular flexibility index (Phi) is 4.20. The van der Waals surface area contributed by atoms with Crippen LogP contribution in [0, 0.1) is 13.8 Å². The number of rotatable bonds is 3. The quantitative estimate of drug-likeness (QED) is 0.736. The Labute approximate surface area is 103 Å². The molecule has 0 atom stereocenters. The average Bonchev–Trinajstić information content (AvgIpc) is 2.19. The maximum atomic E-state index is 12.0. The second kappa shape index (κ2) is 5.08. The van der Waals surface area contributed by atoms with Gasteiger partial charge < -0.3 is 0 Å². The van der Waals surface area contributed by atoms with Crippen LogP contribution in [0.2, 0.25) is 5.02 Å². The standard InChI is InChI=1S/C12H12ClF3O/c1-7-6-10(13)8(2)5-9(7)11(17)3-4-12(14,15)16/h5-6H,3-4H2,1-2H3. The predicted octanol–water partition coefficient (Wildman–Crippen LogP) is 4.48. The van der Waals surface area contributed by atoms with Gasteiger partial charge in [-0.05, 0) is 37.1 Å². The number of alkyl halides is 3. The van der Waals surface area contributed by atoms with Crippen LogP contribution in [-0.2, 0) is 0 Å². The number of Topliss-reactive ketones (excluding diaryl/α,β-unsaturated/α-hetero) is 1. The fourth-order valence-electron chi connectivity index (χ4n) is 1.47. The molecule has 0 spiro atoms. The van der Waals surface area contributed by atoms with Crippen molar-refractivity contribution in [3.63, 3.8) is 0 Å². The molecule has 0 aliphatic heterocycles. The van der Waals surface area contributed by atoms with E-state index in [-0.39, 0.29) is 0 Å². The molecule has 0 aliphatic rings. The van der Waals surface area contributed by atoms with Gasteiger partial charge in [-0.15, -0.1) is 0 Å². The molecular formula is C12H12ClF3O. The minimum atomic E-state index is -4.30. The Morgan fingerprint density at radius 2 is 1.82 bits per heavy atom. The van der Waals surface area contributed by atoms with Crippen LogP contribution in [0.4, 0.5) is 13.2 Å². The number of ketones is 1. The summed E-state index contributed by atoms with van der Waals surface area (Å²) in [7, 11) is 0. The molecule has 0 amide bonds. The Balaban J connectivity index is 2.86. The van der Waals surface area contributed by atoms with Crippen LogP contribution in [-0.4, -0.2) is 12.0 Å². The van der Waals surface area contributed by atoms with Gasteiger partial charge in [0.25, 0.3) is 0 Å². The summed E-state index contributed by atoms with van der Waals surface area (Å²) in [6.45, 7) is 3.37. The molecule has 0 N–H and O–H groups in total. The van der Waals surface area contributed by atoms with Gasteiger partial charge in [0.2, 0.25) is 0 Å². The fraction of sp³-hybridized carbons (Fsp3) is 0.417. The normalized spacial score (nSPS) is 11.6. The van der Waals surface area contributed by atoms with E-state index >= 15 is 0 Å². The molecule has 0 saturated carbocycles. The van der Waals surface area contributed by atoms with Crippen molar-refractivity contribution < 1.29 is 18.0 Å². The van der Waals surface area contributed by atoms with Gasteiger partial charge >= 0.3 is 6.18 Å². The van der Waals surface area contributed by atoms with Gasteiger partial charge in [-0.1, -0.05) is 11.6 Å². The van der Waals surface area contributed by atoms with Crippen LogP contribution in [0.1, 0.15) is 34.3 Å². The number of aryl methyl sites for hydroxylation is 2. The lowest BCUT2D eigenvalue weighted by Crippen LogP contribution is -2.11. The molecule has 94 valence electrons. The van der Waals surface area contributed by atoms with Crippen molar-refractivity contribution in [3.05, 3.63) is 33.8 Å². The van der Waals surface area contributed by atoms with E-state index in [0.717, 1.165) is 0 Å². The Bertz CT molecular complexity index is 438. The van der Waals surface area contributed by atoms with Crippen molar-refractivity contribution in [2.24, 2.45) is 0 Å². The number of carbonyl (C=O) groups is 1. The van der Waals surface area contributed by atoms with E-state index in [2.05, 4.69) is 0 Å². The first-order valence-corrected chi connectivity index (χ1v) is 5.45. The minimum Gasteiger partial charge on any atom is -0.294 e. The van der Waals surface area contributed by atoms with Crippen molar-refractivity contribution in [1.82, 2.24) is 0 Å². The van der Waals surface area contributed by atoms with Gasteiger partial charge in [-0.3, -0.25) is 4.79 Å². The second-order valence-corrected chi connectivity index (χ2v) is 4.36. The summed E-state index contributed by atoms with van der Waals surface area (Å²) in [5, 5.41) is 0.509. The van der Waals surface area contributed by atoms with E-state index in [1.165, 1.54) is 6.07 Å². The largest absolute Gasteiger partial charge is 0.389 e. The first-order chi connectivity index (χ1) is 7.70. The Morgan fingerprint density at radius 1 is 1.24 bits per heavy atom. The molecule has 0 bridgehead atoms. The summed E-state index contributed by atoms with van der Waals surface area (Å²) >= 11 is 5.85. The van der Waals surface area contributed by atoms with Gasteiger partial charge in [0, 0.05) is 17.0 Å². The van der Waals surface area contributed by atoms with Crippen molar-refractivity contribution in [3.8, 4) is 0 Å². The lowest BCUT2D eigenvalue weighted by molar-refractivity contribution is -0.133. The number of hydrogen-bond donors (Lipinski definition) is 0. The second-order valence-electron chi connectivity index (χ2n) is 3.95. The first-order valence-electron chi connectivity index (χ1n) is 5.07. The van der Waals surface area contributed by atoms with E-state index in [1.54, 1.807) is 19.9 Å². The number of halogens is 4. The summed E-state index contributed by atoms with van der Waals surface area (Å²) in [6, 6.07) is 3.13. The number of benzene rings is 1. The smallest absolute Gasteiger partial charge is 0.294 e. The summed E-state index contributed by atoms with van der Waals surface area (Å²) in [6.07, 6.45) is -5.91. The molecule has 1 nitrogen and oxygen atoms in total. The third kappa shape index (κ3) is 4.04. The van der Waals surface area contributed by atoms with E-state index in [1.807, 2.05) is 0 Å². The lowest BCUT2D eigenvalue weighted by atomic mass is 9.99. The molecule has 0 aliphatic carbocycles. The van der Waals surface area contributed by atoms with Crippen LogP contribution in [0.5, 0.6) is 0 Å². The Hall–Kier alpha value is -1.03. The van der Waals surface area contributed by atoms with Crippen molar-refractivity contribution in [1.29, 1.82) is 0 Å². The topological polar surface area (TPSA) is 17.1 Å². The molecule has 0 saturated heterocycles. The maximum absolute atomic E-state index is 12.0. The van der Waals surface area contributed by atoms with Gasteiger partial charge in [-0.2, -0.15) is 13.2 Å². The average molecular weight is 265 g/mol. The summed E-state index contributed by atoms with van der Waals surface area (Å²) in [5.41, 5.74) is 1.61. The van der Waals surface area contributed by atoms with Crippen molar-refractivity contribution >= 4 is 17.4 Å². The Morgan fingerprint density at radius 3 is 2.35 bits per heavy atom. The van der Waals surface area contributed by atoms with Gasteiger partial charge in [0.15, 0.2) is 5.78 Å². The highest BCUT2D eigenvalue weighted by molar-refractivity contribution is 6.31. The highest BCUT2D eigenvalue weighted by Gasteiger charge is 2.28. The van der Waals surface area contributed by atoms with Crippen LogP contribution in [0.3, 0.4) is 0 Å². The van der Waals surface area contributed by atoms with E-state index < -0.39 is 24.8 Å². The molecule has 0 heterocycles. The SMILES string of the molecule is Cc1cc(C(=O)CCC(F)(F)F)c(C)cc1Cl. The van der Waals surface area contributed by atoms with Gasteiger partial charge in [0.1, 0.15) is 0 Å². The zero-order valence-electron chi connectivity index (χ0n) is 9.49. The molecule has 0 aromatic heterocycles. The molecule has 0 unspecified atom stereocenters. The monoisotopic (exact) mass is 264 g/mol. The van der Waals surface area contributed by atoms with E-state index in [0.29, 0.717) is 21.7 Å². The van der Waals surface area contributed by atoms with Gasteiger partial charge in [-0.25, -0.2) is 0 Å².